The molecule has 6 heteroatoms. The summed E-state index contributed by atoms with van der Waals surface area (Å²) >= 11 is 2.66. The second kappa shape index (κ2) is 3.93. The number of thioether (sulfide) groups is 1. The van der Waals surface area contributed by atoms with E-state index in [1.807, 2.05) is 11.4 Å². The quantitative estimate of drug-likeness (QED) is 0.639. The molecular weight excluding hydrogens is 220 g/mol. The average Bonchev–Trinajstić information content (AvgIpc) is 2.61. The number of rotatable bonds is 3. The molecule has 2 rings (SSSR count). The second-order valence-corrected chi connectivity index (χ2v) is 4.35. The minimum absolute atomic E-state index is 0.00309. The molecular formula is C8H6N2O2S2. The summed E-state index contributed by atoms with van der Waals surface area (Å²) in [6.45, 7) is 0. The first-order valence-electron chi connectivity index (χ1n) is 3.80. The Balaban J connectivity index is 2.21. The maximum Gasteiger partial charge on any atom is 0.313 e. The standard InChI is InChI=1S/C8H6N2O2S2/c11-6(12)4-14-8-9-3-5-1-2-13-7(5)10-8/h1-3H,4H2,(H,11,12). The molecule has 0 aliphatic carbocycles. The highest BCUT2D eigenvalue weighted by atomic mass is 32.2. The first-order chi connectivity index (χ1) is 6.75. The highest BCUT2D eigenvalue weighted by Crippen LogP contribution is 2.20. The Morgan fingerprint density at radius 1 is 1.64 bits per heavy atom. The fraction of sp³-hybridized carbons (Fsp3) is 0.125. The maximum absolute atomic E-state index is 10.3. The number of carboxylic acid groups (broad SMARTS) is 1. The van der Waals surface area contributed by atoms with Crippen LogP contribution in [0.1, 0.15) is 0 Å². The van der Waals surface area contributed by atoms with E-state index in [1.54, 1.807) is 6.20 Å². The lowest BCUT2D eigenvalue weighted by Gasteiger charge is -1.95. The predicted octanol–water partition coefficient (Wildman–Crippen LogP) is 1.87. The van der Waals surface area contributed by atoms with Crippen molar-refractivity contribution < 1.29 is 9.90 Å². The van der Waals surface area contributed by atoms with Crippen LogP contribution >= 0.6 is 23.1 Å². The lowest BCUT2D eigenvalue weighted by atomic mass is 10.4. The second-order valence-electron chi connectivity index (χ2n) is 2.52. The van der Waals surface area contributed by atoms with Gasteiger partial charge in [-0.15, -0.1) is 11.3 Å². The summed E-state index contributed by atoms with van der Waals surface area (Å²) in [6, 6.07) is 1.94. The van der Waals surface area contributed by atoms with E-state index in [2.05, 4.69) is 9.97 Å². The van der Waals surface area contributed by atoms with Gasteiger partial charge >= 0.3 is 5.97 Å². The Labute approximate surface area is 88.0 Å². The van der Waals surface area contributed by atoms with Crippen LogP contribution in [-0.2, 0) is 4.79 Å². The van der Waals surface area contributed by atoms with E-state index in [-0.39, 0.29) is 5.75 Å². The van der Waals surface area contributed by atoms with E-state index in [4.69, 9.17) is 5.11 Å². The highest BCUT2D eigenvalue weighted by molar-refractivity contribution is 7.99. The zero-order valence-electron chi connectivity index (χ0n) is 7.01. The van der Waals surface area contributed by atoms with Crippen molar-refractivity contribution in [2.75, 3.05) is 5.75 Å². The van der Waals surface area contributed by atoms with Crippen molar-refractivity contribution >= 4 is 39.3 Å². The number of aromatic nitrogens is 2. The van der Waals surface area contributed by atoms with E-state index in [9.17, 15) is 4.79 Å². The van der Waals surface area contributed by atoms with Crippen LogP contribution in [0.4, 0.5) is 0 Å². The van der Waals surface area contributed by atoms with Gasteiger partial charge in [0.1, 0.15) is 4.83 Å². The number of fused-ring (bicyclic) bond motifs is 1. The van der Waals surface area contributed by atoms with E-state index < -0.39 is 5.97 Å². The number of carbonyl (C=O) groups is 1. The van der Waals surface area contributed by atoms with Gasteiger partial charge in [-0.2, -0.15) is 0 Å². The molecule has 0 radical (unpaired) electrons. The number of hydrogen-bond acceptors (Lipinski definition) is 5. The van der Waals surface area contributed by atoms with Crippen LogP contribution in [0.5, 0.6) is 0 Å². The van der Waals surface area contributed by atoms with Crippen LogP contribution in [0, 0.1) is 0 Å². The average molecular weight is 226 g/mol. The molecule has 0 fully saturated rings. The Morgan fingerprint density at radius 3 is 3.29 bits per heavy atom. The molecule has 0 aliphatic heterocycles. The van der Waals surface area contributed by atoms with Crippen molar-refractivity contribution in [3.8, 4) is 0 Å². The molecule has 2 aromatic heterocycles. The van der Waals surface area contributed by atoms with Gasteiger partial charge in [0.05, 0.1) is 5.75 Å². The SMILES string of the molecule is O=C(O)CSc1ncc2ccsc2n1. The molecule has 0 amide bonds. The largest absolute Gasteiger partial charge is 0.481 e. The minimum Gasteiger partial charge on any atom is -0.481 e. The third-order valence-electron chi connectivity index (χ3n) is 1.51. The monoisotopic (exact) mass is 226 g/mol. The van der Waals surface area contributed by atoms with Crippen LogP contribution in [0.3, 0.4) is 0 Å². The van der Waals surface area contributed by atoms with E-state index in [0.29, 0.717) is 5.16 Å². The molecule has 0 bridgehead atoms. The third kappa shape index (κ3) is 2.02. The normalized spacial score (nSPS) is 10.6. The molecule has 0 aromatic carbocycles. The molecule has 0 atom stereocenters. The summed E-state index contributed by atoms with van der Waals surface area (Å²) in [7, 11) is 0. The summed E-state index contributed by atoms with van der Waals surface area (Å²) in [5.41, 5.74) is 0. The Kier molecular flexibility index (Phi) is 2.64. The van der Waals surface area contributed by atoms with Crippen LogP contribution < -0.4 is 0 Å². The first kappa shape index (κ1) is 9.42. The molecule has 2 heterocycles. The van der Waals surface area contributed by atoms with Crippen molar-refractivity contribution in [2.24, 2.45) is 0 Å². The van der Waals surface area contributed by atoms with Gasteiger partial charge in [0, 0.05) is 11.6 Å². The molecule has 0 spiro atoms. The highest BCUT2D eigenvalue weighted by Gasteiger charge is 2.04. The molecule has 72 valence electrons. The van der Waals surface area contributed by atoms with Gasteiger partial charge < -0.3 is 5.11 Å². The van der Waals surface area contributed by atoms with Gasteiger partial charge in [0.15, 0.2) is 5.16 Å². The van der Waals surface area contributed by atoms with E-state index >= 15 is 0 Å². The van der Waals surface area contributed by atoms with Crippen LogP contribution in [0.15, 0.2) is 22.8 Å². The zero-order valence-corrected chi connectivity index (χ0v) is 8.64. The fourth-order valence-electron chi connectivity index (χ4n) is 0.937. The molecule has 2 aromatic rings. The number of aliphatic carboxylic acids is 1. The Hall–Kier alpha value is -1.14. The van der Waals surface area contributed by atoms with Gasteiger partial charge in [-0.3, -0.25) is 4.79 Å². The van der Waals surface area contributed by atoms with Crippen molar-refractivity contribution in [1.29, 1.82) is 0 Å². The smallest absolute Gasteiger partial charge is 0.313 e. The fourth-order valence-corrected chi connectivity index (χ4v) is 2.27. The third-order valence-corrected chi connectivity index (χ3v) is 3.18. The minimum atomic E-state index is -0.857. The van der Waals surface area contributed by atoms with Crippen LogP contribution in [0.2, 0.25) is 0 Å². The van der Waals surface area contributed by atoms with Crippen LogP contribution in [0.25, 0.3) is 10.2 Å². The van der Waals surface area contributed by atoms with Crippen LogP contribution in [-0.4, -0.2) is 26.8 Å². The molecule has 0 aliphatic rings. The van der Waals surface area contributed by atoms with Crippen molar-refractivity contribution in [1.82, 2.24) is 9.97 Å². The van der Waals surface area contributed by atoms with Gasteiger partial charge in [0.25, 0.3) is 0 Å². The number of thiophene rings is 1. The molecule has 0 saturated carbocycles. The molecule has 0 saturated heterocycles. The van der Waals surface area contributed by atoms with E-state index in [0.717, 1.165) is 22.0 Å². The van der Waals surface area contributed by atoms with Gasteiger partial charge in [0.2, 0.25) is 0 Å². The maximum atomic E-state index is 10.3. The Bertz CT molecular complexity index is 469. The first-order valence-corrected chi connectivity index (χ1v) is 5.67. The predicted molar refractivity (Wildman–Crippen MR) is 55.8 cm³/mol. The zero-order chi connectivity index (χ0) is 9.97. The summed E-state index contributed by atoms with van der Waals surface area (Å²) in [5.74, 6) is -0.860. The molecule has 0 unspecified atom stereocenters. The lowest BCUT2D eigenvalue weighted by molar-refractivity contribution is -0.133. The number of hydrogen-bond donors (Lipinski definition) is 1. The summed E-state index contributed by atoms with van der Waals surface area (Å²) in [6.07, 6.45) is 1.71. The summed E-state index contributed by atoms with van der Waals surface area (Å²) < 4.78 is 0. The molecule has 14 heavy (non-hydrogen) atoms. The van der Waals surface area contributed by atoms with Crippen molar-refractivity contribution in [3.63, 3.8) is 0 Å². The van der Waals surface area contributed by atoms with Crippen molar-refractivity contribution in [3.05, 3.63) is 17.6 Å². The van der Waals surface area contributed by atoms with Gasteiger partial charge in [-0.1, -0.05) is 11.8 Å². The summed E-state index contributed by atoms with van der Waals surface area (Å²) in [5, 5.41) is 11.9. The molecule has 1 N–H and O–H groups in total. The Morgan fingerprint density at radius 2 is 2.50 bits per heavy atom. The topological polar surface area (TPSA) is 63.1 Å². The van der Waals surface area contributed by atoms with Gasteiger partial charge in [-0.25, -0.2) is 9.97 Å². The number of nitrogens with zero attached hydrogens (tertiary/aromatic N) is 2. The van der Waals surface area contributed by atoms with E-state index in [1.165, 1.54) is 11.3 Å². The number of carboxylic acids is 1. The lowest BCUT2D eigenvalue weighted by Crippen LogP contribution is -1.98. The van der Waals surface area contributed by atoms with Gasteiger partial charge in [-0.05, 0) is 11.4 Å². The molecule has 4 nitrogen and oxygen atoms in total. The summed E-state index contributed by atoms with van der Waals surface area (Å²) in [4.78, 5) is 19.5. The van der Waals surface area contributed by atoms with Crippen molar-refractivity contribution in [2.45, 2.75) is 5.16 Å².